The molecule has 3 aromatic heterocycles. The van der Waals surface area contributed by atoms with Crippen LogP contribution in [0.3, 0.4) is 0 Å². The normalized spacial score (nSPS) is 10.7. The number of pyridine rings is 1. The summed E-state index contributed by atoms with van der Waals surface area (Å²) in [6.45, 7) is 0. The number of H-pyrrole nitrogens is 1. The third-order valence-corrected chi connectivity index (χ3v) is 3.26. The lowest BCUT2D eigenvalue weighted by atomic mass is 10.3. The van der Waals surface area contributed by atoms with E-state index in [-0.39, 0.29) is 0 Å². The van der Waals surface area contributed by atoms with Crippen LogP contribution in [0, 0.1) is 0 Å². The lowest BCUT2D eigenvalue weighted by Gasteiger charge is -1.99. The predicted molar refractivity (Wildman–Crippen MR) is 68.8 cm³/mol. The van der Waals surface area contributed by atoms with Crippen molar-refractivity contribution < 1.29 is 9.90 Å². The molecule has 0 aromatic carbocycles. The van der Waals surface area contributed by atoms with E-state index in [1.165, 1.54) is 6.20 Å². The zero-order chi connectivity index (χ0) is 12.5. The van der Waals surface area contributed by atoms with Crippen molar-refractivity contribution in [2.24, 2.45) is 0 Å². The highest BCUT2D eigenvalue weighted by Gasteiger charge is 2.11. The molecule has 18 heavy (non-hydrogen) atoms. The molecule has 0 unspecified atom stereocenters. The van der Waals surface area contributed by atoms with Crippen LogP contribution >= 0.6 is 11.3 Å². The molecule has 0 aliphatic heterocycles. The number of anilines is 1. The SMILES string of the molecule is O=C(O)Nc1ccnc2[nH]c(-c3cccs3)nc12. The summed E-state index contributed by atoms with van der Waals surface area (Å²) in [5.41, 5.74) is 1.50. The molecule has 3 N–H and O–H groups in total. The van der Waals surface area contributed by atoms with Gasteiger partial charge in [0.1, 0.15) is 11.3 Å². The van der Waals surface area contributed by atoms with Gasteiger partial charge in [0.2, 0.25) is 0 Å². The average molecular weight is 260 g/mol. The molecular formula is C11H8N4O2S. The van der Waals surface area contributed by atoms with Gasteiger partial charge in [-0.15, -0.1) is 11.3 Å². The summed E-state index contributed by atoms with van der Waals surface area (Å²) in [5, 5.41) is 13.0. The summed E-state index contributed by atoms with van der Waals surface area (Å²) >= 11 is 1.55. The highest BCUT2D eigenvalue weighted by molar-refractivity contribution is 7.13. The smallest absolute Gasteiger partial charge is 0.409 e. The minimum absolute atomic E-state index is 0.423. The number of nitrogens with zero attached hydrogens (tertiary/aromatic N) is 2. The van der Waals surface area contributed by atoms with Crippen LogP contribution in [0.2, 0.25) is 0 Å². The Morgan fingerprint density at radius 1 is 1.44 bits per heavy atom. The first-order chi connectivity index (χ1) is 8.74. The Bertz CT molecular complexity index is 705. The van der Waals surface area contributed by atoms with Gasteiger partial charge in [0.15, 0.2) is 5.65 Å². The number of aromatic amines is 1. The molecule has 0 saturated carbocycles. The minimum Gasteiger partial charge on any atom is -0.465 e. The number of aromatic nitrogens is 3. The maximum atomic E-state index is 10.7. The van der Waals surface area contributed by atoms with Gasteiger partial charge in [0.25, 0.3) is 0 Å². The van der Waals surface area contributed by atoms with Crippen molar-refractivity contribution in [1.82, 2.24) is 15.0 Å². The summed E-state index contributed by atoms with van der Waals surface area (Å²) in [5.74, 6) is 0.687. The van der Waals surface area contributed by atoms with Crippen molar-refractivity contribution in [2.75, 3.05) is 5.32 Å². The number of nitrogens with one attached hydrogen (secondary N) is 2. The quantitative estimate of drug-likeness (QED) is 0.660. The van der Waals surface area contributed by atoms with Gasteiger partial charge < -0.3 is 10.1 Å². The van der Waals surface area contributed by atoms with Gasteiger partial charge in [-0.1, -0.05) is 6.07 Å². The number of hydrogen-bond donors (Lipinski definition) is 3. The van der Waals surface area contributed by atoms with Gasteiger partial charge in [-0.25, -0.2) is 14.8 Å². The second-order valence-electron chi connectivity index (χ2n) is 3.55. The summed E-state index contributed by atoms with van der Waals surface area (Å²) in [6, 6.07) is 5.44. The van der Waals surface area contributed by atoms with Gasteiger partial charge in [-0.2, -0.15) is 0 Å². The van der Waals surface area contributed by atoms with E-state index in [0.717, 1.165) is 4.88 Å². The molecule has 3 rings (SSSR count). The van der Waals surface area contributed by atoms with Crippen LogP contribution in [-0.4, -0.2) is 26.2 Å². The first-order valence-corrected chi connectivity index (χ1v) is 6.00. The largest absolute Gasteiger partial charge is 0.465 e. The Labute approximate surface area is 105 Å². The molecule has 7 heteroatoms. The van der Waals surface area contributed by atoms with Crippen LogP contribution in [-0.2, 0) is 0 Å². The van der Waals surface area contributed by atoms with Crippen molar-refractivity contribution in [3.05, 3.63) is 29.8 Å². The number of thiophene rings is 1. The number of carboxylic acid groups (broad SMARTS) is 1. The zero-order valence-corrected chi connectivity index (χ0v) is 9.86. The van der Waals surface area contributed by atoms with E-state index in [1.54, 1.807) is 17.4 Å². The Kier molecular flexibility index (Phi) is 2.45. The van der Waals surface area contributed by atoms with E-state index in [0.29, 0.717) is 22.7 Å². The van der Waals surface area contributed by atoms with Crippen LogP contribution in [0.25, 0.3) is 21.9 Å². The number of imidazole rings is 1. The van der Waals surface area contributed by atoms with Crippen molar-refractivity contribution in [1.29, 1.82) is 0 Å². The Hall–Kier alpha value is -2.41. The molecule has 0 bridgehead atoms. The molecular weight excluding hydrogens is 252 g/mol. The van der Waals surface area contributed by atoms with Crippen molar-refractivity contribution in [3.63, 3.8) is 0 Å². The Balaban J connectivity index is 2.14. The first-order valence-electron chi connectivity index (χ1n) is 5.12. The van der Waals surface area contributed by atoms with Gasteiger partial charge in [-0.3, -0.25) is 5.32 Å². The summed E-state index contributed by atoms with van der Waals surface area (Å²) in [6.07, 6.45) is 0.410. The van der Waals surface area contributed by atoms with Crippen LogP contribution in [0.15, 0.2) is 29.8 Å². The molecule has 6 nitrogen and oxygen atoms in total. The van der Waals surface area contributed by atoms with E-state index < -0.39 is 6.09 Å². The van der Waals surface area contributed by atoms with Crippen LogP contribution in [0.5, 0.6) is 0 Å². The molecule has 0 spiro atoms. The molecule has 0 saturated heterocycles. The third kappa shape index (κ3) is 1.80. The number of carbonyl (C=O) groups is 1. The fourth-order valence-electron chi connectivity index (χ4n) is 1.66. The molecule has 0 aliphatic rings. The van der Waals surface area contributed by atoms with Gasteiger partial charge in [-0.05, 0) is 17.5 Å². The molecule has 90 valence electrons. The molecule has 0 fully saturated rings. The van der Waals surface area contributed by atoms with E-state index in [4.69, 9.17) is 5.11 Å². The van der Waals surface area contributed by atoms with E-state index >= 15 is 0 Å². The third-order valence-electron chi connectivity index (χ3n) is 2.38. The predicted octanol–water partition coefficient (Wildman–Crippen LogP) is 2.78. The zero-order valence-electron chi connectivity index (χ0n) is 9.04. The highest BCUT2D eigenvalue weighted by Crippen LogP contribution is 2.26. The molecule has 1 amide bonds. The molecule has 0 aliphatic carbocycles. The Morgan fingerprint density at radius 2 is 2.33 bits per heavy atom. The number of hydrogen-bond acceptors (Lipinski definition) is 4. The van der Waals surface area contributed by atoms with E-state index in [1.807, 2.05) is 17.5 Å². The standard InChI is InChI=1S/C11H8N4O2S/c16-11(17)13-6-3-4-12-10-8(6)14-9(15-10)7-2-1-5-18-7/h1-5H,(H,16,17)(H2,12,13,14,15). The fraction of sp³-hybridized carbons (Fsp3) is 0. The van der Waals surface area contributed by atoms with Crippen molar-refractivity contribution in [2.45, 2.75) is 0 Å². The summed E-state index contributed by atoms with van der Waals surface area (Å²) in [4.78, 5) is 23.2. The molecule has 3 heterocycles. The maximum Gasteiger partial charge on any atom is 0.409 e. The molecule has 3 aromatic rings. The summed E-state index contributed by atoms with van der Waals surface area (Å²) < 4.78 is 0. The van der Waals surface area contributed by atoms with E-state index in [2.05, 4.69) is 20.3 Å². The average Bonchev–Trinajstić information content (AvgIpc) is 2.97. The maximum absolute atomic E-state index is 10.7. The molecule has 0 radical (unpaired) electrons. The second kappa shape index (κ2) is 4.11. The molecule has 0 atom stereocenters. The highest BCUT2D eigenvalue weighted by atomic mass is 32.1. The van der Waals surface area contributed by atoms with Crippen molar-refractivity contribution >= 4 is 34.3 Å². The lowest BCUT2D eigenvalue weighted by Crippen LogP contribution is -2.07. The van der Waals surface area contributed by atoms with Gasteiger partial charge in [0, 0.05) is 6.20 Å². The summed E-state index contributed by atoms with van der Waals surface area (Å²) in [7, 11) is 0. The van der Waals surface area contributed by atoms with Gasteiger partial charge in [0.05, 0.1) is 10.6 Å². The van der Waals surface area contributed by atoms with Crippen molar-refractivity contribution in [3.8, 4) is 10.7 Å². The van der Waals surface area contributed by atoms with Crippen LogP contribution in [0.4, 0.5) is 10.5 Å². The van der Waals surface area contributed by atoms with Crippen LogP contribution < -0.4 is 5.32 Å². The Morgan fingerprint density at radius 3 is 3.06 bits per heavy atom. The number of rotatable bonds is 2. The van der Waals surface area contributed by atoms with E-state index in [9.17, 15) is 4.79 Å². The minimum atomic E-state index is -1.12. The second-order valence-corrected chi connectivity index (χ2v) is 4.50. The monoisotopic (exact) mass is 260 g/mol. The first kappa shape index (κ1) is 10.7. The number of amides is 1. The topological polar surface area (TPSA) is 90.9 Å². The fourth-order valence-corrected chi connectivity index (χ4v) is 2.33. The van der Waals surface area contributed by atoms with Gasteiger partial charge >= 0.3 is 6.09 Å². The number of fused-ring (bicyclic) bond motifs is 1. The van der Waals surface area contributed by atoms with Crippen LogP contribution in [0.1, 0.15) is 0 Å². The lowest BCUT2D eigenvalue weighted by molar-refractivity contribution is 0.210.